The van der Waals surface area contributed by atoms with E-state index in [0.717, 1.165) is 32.5 Å². The SMILES string of the molecule is NC1CC=C2N=C3CNCCN3C2C1. The number of aliphatic imine (C=N–C) groups is 1. The molecule has 0 saturated carbocycles. The molecule has 0 aromatic heterocycles. The van der Waals surface area contributed by atoms with Gasteiger partial charge >= 0.3 is 0 Å². The molecule has 0 bridgehead atoms. The Morgan fingerprint density at radius 3 is 3.43 bits per heavy atom. The average molecular weight is 192 g/mol. The van der Waals surface area contributed by atoms with Crippen molar-refractivity contribution in [1.82, 2.24) is 10.2 Å². The molecule has 2 unspecified atom stereocenters. The molecule has 0 radical (unpaired) electrons. The first-order chi connectivity index (χ1) is 6.84. The first-order valence-corrected chi connectivity index (χ1v) is 5.35. The third kappa shape index (κ3) is 1.18. The molecule has 2 heterocycles. The maximum Gasteiger partial charge on any atom is 0.119 e. The Labute approximate surface area is 83.9 Å². The Hall–Kier alpha value is -0.870. The van der Waals surface area contributed by atoms with Gasteiger partial charge in [-0.15, -0.1) is 0 Å². The van der Waals surface area contributed by atoms with Gasteiger partial charge < -0.3 is 16.0 Å². The molecule has 0 aromatic carbocycles. The number of piperazine rings is 1. The largest absolute Gasteiger partial charge is 0.349 e. The summed E-state index contributed by atoms with van der Waals surface area (Å²) in [6.45, 7) is 3.06. The summed E-state index contributed by atoms with van der Waals surface area (Å²) in [6.07, 6.45) is 4.27. The minimum Gasteiger partial charge on any atom is -0.349 e. The van der Waals surface area contributed by atoms with Gasteiger partial charge in [0.15, 0.2) is 0 Å². The van der Waals surface area contributed by atoms with E-state index in [0.29, 0.717) is 12.1 Å². The molecule has 0 aromatic rings. The molecule has 3 rings (SSSR count). The number of hydrogen-bond acceptors (Lipinski definition) is 4. The van der Waals surface area contributed by atoms with Crippen LogP contribution in [0.25, 0.3) is 0 Å². The molecule has 0 amide bonds. The molecule has 2 aliphatic heterocycles. The second kappa shape index (κ2) is 3.07. The first-order valence-electron chi connectivity index (χ1n) is 5.35. The highest BCUT2D eigenvalue weighted by Crippen LogP contribution is 2.29. The average Bonchev–Trinajstić information content (AvgIpc) is 2.56. The maximum absolute atomic E-state index is 5.97. The van der Waals surface area contributed by atoms with E-state index in [2.05, 4.69) is 21.3 Å². The van der Waals surface area contributed by atoms with Crippen LogP contribution in [0.15, 0.2) is 16.8 Å². The van der Waals surface area contributed by atoms with Crippen molar-refractivity contribution in [3.8, 4) is 0 Å². The van der Waals surface area contributed by atoms with Crippen molar-refractivity contribution in [1.29, 1.82) is 0 Å². The van der Waals surface area contributed by atoms with Gasteiger partial charge in [0.05, 0.1) is 18.3 Å². The maximum atomic E-state index is 5.97. The first kappa shape index (κ1) is 8.44. The van der Waals surface area contributed by atoms with Crippen LogP contribution in [0.3, 0.4) is 0 Å². The number of nitrogens with one attached hydrogen (secondary N) is 1. The summed E-state index contributed by atoms with van der Waals surface area (Å²) in [6, 6.07) is 0.809. The highest BCUT2D eigenvalue weighted by Gasteiger charge is 2.35. The fourth-order valence-corrected chi connectivity index (χ4v) is 2.54. The van der Waals surface area contributed by atoms with Crippen LogP contribution < -0.4 is 11.1 Å². The lowest BCUT2D eigenvalue weighted by Gasteiger charge is -2.34. The predicted molar refractivity (Wildman–Crippen MR) is 56.1 cm³/mol. The number of hydrogen-bond donors (Lipinski definition) is 2. The summed E-state index contributed by atoms with van der Waals surface area (Å²) in [4.78, 5) is 7.07. The smallest absolute Gasteiger partial charge is 0.119 e. The second-order valence-corrected chi connectivity index (χ2v) is 4.27. The van der Waals surface area contributed by atoms with E-state index in [1.165, 1.54) is 11.5 Å². The van der Waals surface area contributed by atoms with Crippen LogP contribution in [0.2, 0.25) is 0 Å². The van der Waals surface area contributed by atoms with Gasteiger partial charge in [0.1, 0.15) is 5.84 Å². The van der Waals surface area contributed by atoms with Crippen LogP contribution in [-0.2, 0) is 0 Å². The van der Waals surface area contributed by atoms with Crippen molar-refractivity contribution in [2.24, 2.45) is 10.7 Å². The van der Waals surface area contributed by atoms with Crippen molar-refractivity contribution < 1.29 is 0 Å². The van der Waals surface area contributed by atoms with E-state index >= 15 is 0 Å². The fraction of sp³-hybridized carbons (Fsp3) is 0.700. The zero-order chi connectivity index (χ0) is 9.54. The van der Waals surface area contributed by atoms with Crippen LogP contribution in [0.4, 0.5) is 0 Å². The molecular weight excluding hydrogens is 176 g/mol. The Balaban J connectivity index is 1.89. The number of rotatable bonds is 0. The molecule has 4 nitrogen and oxygen atoms in total. The fourth-order valence-electron chi connectivity index (χ4n) is 2.54. The van der Waals surface area contributed by atoms with Gasteiger partial charge in [-0.25, -0.2) is 4.99 Å². The van der Waals surface area contributed by atoms with Gasteiger partial charge in [0.25, 0.3) is 0 Å². The highest BCUT2D eigenvalue weighted by molar-refractivity contribution is 5.89. The molecule has 1 fully saturated rings. The van der Waals surface area contributed by atoms with Crippen molar-refractivity contribution in [3.63, 3.8) is 0 Å². The lowest BCUT2D eigenvalue weighted by atomic mass is 9.95. The molecular formula is C10H16N4. The van der Waals surface area contributed by atoms with Gasteiger partial charge in [-0.3, -0.25) is 0 Å². The van der Waals surface area contributed by atoms with Gasteiger partial charge in [0, 0.05) is 19.1 Å². The molecule has 2 atom stereocenters. The molecule has 3 N–H and O–H groups in total. The van der Waals surface area contributed by atoms with E-state index in [9.17, 15) is 0 Å². The predicted octanol–water partition coefficient (Wildman–Crippen LogP) is -0.323. The van der Waals surface area contributed by atoms with Crippen LogP contribution in [0, 0.1) is 0 Å². The minimum absolute atomic E-state index is 0.327. The van der Waals surface area contributed by atoms with E-state index < -0.39 is 0 Å². The van der Waals surface area contributed by atoms with Crippen LogP contribution in [0.5, 0.6) is 0 Å². The Bertz CT molecular complexity index is 307. The molecule has 1 aliphatic carbocycles. The lowest BCUT2D eigenvalue weighted by molar-refractivity contribution is 0.302. The van der Waals surface area contributed by atoms with Crippen LogP contribution in [-0.4, -0.2) is 42.5 Å². The summed E-state index contributed by atoms with van der Waals surface area (Å²) in [5.41, 5.74) is 7.23. The Morgan fingerprint density at radius 2 is 2.50 bits per heavy atom. The van der Waals surface area contributed by atoms with Gasteiger partial charge in [0.2, 0.25) is 0 Å². The molecule has 3 aliphatic rings. The third-order valence-electron chi connectivity index (χ3n) is 3.28. The quantitative estimate of drug-likeness (QED) is 0.553. The topological polar surface area (TPSA) is 53.6 Å². The van der Waals surface area contributed by atoms with Crippen LogP contribution >= 0.6 is 0 Å². The van der Waals surface area contributed by atoms with Crippen molar-refractivity contribution >= 4 is 5.84 Å². The van der Waals surface area contributed by atoms with Crippen LogP contribution in [0.1, 0.15) is 12.8 Å². The lowest BCUT2D eigenvalue weighted by Crippen LogP contribution is -2.51. The summed E-state index contributed by atoms with van der Waals surface area (Å²) < 4.78 is 0. The molecule has 1 saturated heterocycles. The number of nitrogens with zero attached hydrogens (tertiary/aromatic N) is 2. The minimum atomic E-state index is 0.327. The van der Waals surface area contributed by atoms with E-state index in [-0.39, 0.29) is 0 Å². The van der Waals surface area contributed by atoms with Crippen molar-refractivity contribution in [2.75, 3.05) is 19.6 Å². The van der Waals surface area contributed by atoms with E-state index in [4.69, 9.17) is 5.73 Å². The molecule has 0 spiro atoms. The van der Waals surface area contributed by atoms with Crippen molar-refractivity contribution in [2.45, 2.75) is 24.9 Å². The van der Waals surface area contributed by atoms with Gasteiger partial charge in [-0.05, 0) is 12.8 Å². The summed E-state index contributed by atoms with van der Waals surface area (Å²) in [7, 11) is 0. The molecule has 4 heteroatoms. The zero-order valence-corrected chi connectivity index (χ0v) is 8.24. The third-order valence-corrected chi connectivity index (χ3v) is 3.28. The molecule has 14 heavy (non-hydrogen) atoms. The monoisotopic (exact) mass is 192 g/mol. The Kier molecular flexibility index (Phi) is 1.85. The summed E-state index contributed by atoms with van der Waals surface area (Å²) in [5, 5.41) is 3.35. The van der Waals surface area contributed by atoms with E-state index in [1.807, 2.05) is 0 Å². The van der Waals surface area contributed by atoms with Crippen molar-refractivity contribution in [3.05, 3.63) is 11.8 Å². The number of amidine groups is 1. The van der Waals surface area contributed by atoms with Gasteiger partial charge in [-0.1, -0.05) is 6.08 Å². The summed E-state index contributed by atoms with van der Waals surface area (Å²) in [5.74, 6) is 1.21. The zero-order valence-electron chi connectivity index (χ0n) is 8.24. The highest BCUT2D eigenvalue weighted by atomic mass is 15.3. The second-order valence-electron chi connectivity index (χ2n) is 4.27. The molecule has 76 valence electrons. The number of nitrogens with two attached hydrogens (primary N) is 1. The normalized spacial score (nSPS) is 35.9. The number of fused-ring (bicyclic) bond motifs is 3. The standard InChI is InChI=1S/C10H16N4/c11-7-1-2-8-9(5-7)14-4-3-12-6-10(14)13-8/h2,7,9,12H,1,3-6,11H2. The van der Waals surface area contributed by atoms with Gasteiger partial charge in [-0.2, -0.15) is 0 Å². The Morgan fingerprint density at radius 1 is 1.57 bits per heavy atom. The summed E-state index contributed by atoms with van der Waals surface area (Å²) >= 11 is 0. The van der Waals surface area contributed by atoms with E-state index in [1.54, 1.807) is 0 Å².